The van der Waals surface area contributed by atoms with Crippen LogP contribution in [-0.2, 0) is 20.9 Å². The number of carbonyl (C=O) groups is 2. The lowest BCUT2D eigenvalue weighted by molar-refractivity contribution is -0.146. The highest BCUT2D eigenvalue weighted by Crippen LogP contribution is 2.13. The number of esters is 1. The second kappa shape index (κ2) is 6.39. The van der Waals surface area contributed by atoms with Gasteiger partial charge in [0.15, 0.2) is 0 Å². The van der Waals surface area contributed by atoms with Crippen molar-refractivity contribution in [3.8, 4) is 0 Å². The fraction of sp³-hybridized carbons (Fsp3) is 0.333. The second-order valence-corrected chi connectivity index (χ2v) is 4.55. The molecule has 0 aliphatic carbocycles. The van der Waals surface area contributed by atoms with E-state index in [1.165, 1.54) is 12.0 Å². The molecule has 0 spiro atoms. The normalized spacial score (nSPS) is 9.82. The van der Waals surface area contributed by atoms with E-state index in [-0.39, 0.29) is 12.3 Å². The van der Waals surface area contributed by atoms with Crippen LogP contribution in [0.25, 0.3) is 0 Å². The number of hydrogen-bond acceptors (Lipinski definition) is 3. The highest BCUT2D eigenvalue weighted by atomic mass is 79.9. The molecular weight excluding hydrogens is 286 g/mol. The van der Waals surface area contributed by atoms with E-state index < -0.39 is 5.97 Å². The Bertz CT molecular complexity index is 420. The third-order valence-corrected chi connectivity index (χ3v) is 2.75. The molecule has 0 bridgehead atoms. The smallest absolute Gasteiger partial charge is 0.315 e. The zero-order chi connectivity index (χ0) is 12.8. The van der Waals surface area contributed by atoms with Crippen molar-refractivity contribution in [2.45, 2.75) is 13.0 Å². The van der Waals surface area contributed by atoms with Crippen LogP contribution in [0.1, 0.15) is 12.0 Å². The van der Waals surface area contributed by atoms with E-state index in [1.54, 1.807) is 7.05 Å². The summed E-state index contributed by atoms with van der Waals surface area (Å²) >= 11 is 3.36. The molecule has 4 nitrogen and oxygen atoms in total. The SMILES string of the molecule is COC(=O)CC(=O)N(C)Cc1cccc(Br)c1. The molecule has 1 aromatic rings. The van der Waals surface area contributed by atoms with Crippen LogP contribution in [0, 0.1) is 0 Å². The van der Waals surface area contributed by atoms with Gasteiger partial charge in [0.2, 0.25) is 5.91 Å². The summed E-state index contributed by atoms with van der Waals surface area (Å²) in [5.74, 6) is -0.770. The number of ether oxygens (including phenoxy) is 1. The Balaban J connectivity index is 2.57. The van der Waals surface area contributed by atoms with E-state index in [4.69, 9.17) is 0 Å². The molecule has 0 atom stereocenters. The maximum absolute atomic E-state index is 11.6. The maximum atomic E-state index is 11.6. The van der Waals surface area contributed by atoms with Crippen LogP contribution in [0.5, 0.6) is 0 Å². The van der Waals surface area contributed by atoms with Crippen molar-refractivity contribution >= 4 is 27.8 Å². The molecule has 1 rings (SSSR count). The summed E-state index contributed by atoms with van der Waals surface area (Å²) < 4.78 is 5.41. The average molecular weight is 300 g/mol. The number of benzene rings is 1. The van der Waals surface area contributed by atoms with Crippen LogP contribution in [-0.4, -0.2) is 30.9 Å². The van der Waals surface area contributed by atoms with E-state index >= 15 is 0 Å². The molecular formula is C12H14BrNO3. The minimum absolute atomic E-state index is 0.221. The van der Waals surface area contributed by atoms with E-state index in [1.807, 2.05) is 24.3 Å². The average Bonchev–Trinajstić information content (AvgIpc) is 2.28. The molecule has 17 heavy (non-hydrogen) atoms. The molecule has 0 heterocycles. The van der Waals surface area contributed by atoms with E-state index in [9.17, 15) is 9.59 Å². The van der Waals surface area contributed by atoms with Crippen molar-refractivity contribution < 1.29 is 14.3 Å². The molecule has 0 radical (unpaired) electrons. The van der Waals surface area contributed by atoms with Gasteiger partial charge in [0, 0.05) is 18.1 Å². The van der Waals surface area contributed by atoms with Gasteiger partial charge in [0.05, 0.1) is 7.11 Å². The van der Waals surface area contributed by atoms with E-state index in [0.717, 1.165) is 10.0 Å². The number of halogens is 1. The molecule has 0 aliphatic heterocycles. The first kappa shape index (κ1) is 13.7. The molecule has 0 aliphatic rings. The summed E-state index contributed by atoms with van der Waals surface area (Å²) in [4.78, 5) is 24.1. The van der Waals surface area contributed by atoms with Gasteiger partial charge < -0.3 is 9.64 Å². The van der Waals surface area contributed by atoms with Gasteiger partial charge in [-0.15, -0.1) is 0 Å². The Hall–Kier alpha value is -1.36. The standard InChI is InChI=1S/C12H14BrNO3/c1-14(11(15)7-12(16)17-2)8-9-4-3-5-10(13)6-9/h3-6H,7-8H2,1-2H3. The monoisotopic (exact) mass is 299 g/mol. The third-order valence-electron chi connectivity index (χ3n) is 2.26. The van der Waals surface area contributed by atoms with Crippen molar-refractivity contribution in [1.29, 1.82) is 0 Å². The van der Waals surface area contributed by atoms with Gasteiger partial charge in [-0.25, -0.2) is 0 Å². The first-order valence-electron chi connectivity index (χ1n) is 5.08. The van der Waals surface area contributed by atoms with Crippen LogP contribution in [0.3, 0.4) is 0 Å². The molecule has 0 N–H and O–H groups in total. The van der Waals surface area contributed by atoms with Crippen molar-refractivity contribution in [3.63, 3.8) is 0 Å². The van der Waals surface area contributed by atoms with Crippen LogP contribution in [0.4, 0.5) is 0 Å². The Kier molecular flexibility index (Phi) is 5.15. The van der Waals surface area contributed by atoms with E-state index in [2.05, 4.69) is 20.7 Å². The topological polar surface area (TPSA) is 46.6 Å². The second-order valence-electron chi connectivity index (χ2n) is 3.63. The van der Waals surface area contributed by atoms with Crippen LogP contribution in [0.15, 0.2) is 28.7 Å². The predicted molar refractivity (Wildman–Crippen MR) is 67.2 cm³/mol. The largest absolute Gasteiger partial charge is 0.469 e. The molecule has 92 valence electrons. The number of methoxy groups -OCH3 is 1. The third kappa shape index (κ3) is 4.56. The Morgan fingerprint density at radius 1 is 1.41 bits per heavy atom. The first-order valence-corrected chi connectivity index (χ1v) is 5.87. The summed E-state index contributed by atoms with van der Waals surface area (Å²) in [5.41, 5.74) is 1.00. The summed E-state index contributed by atoms with van der Waals surface area (Å²) in [7, 11) is 2.93. The highest BCUT2D eigenvalue weighted by molar-refractivity contribution is 9.10. The van der Waals surface area contributed by atoms with Crippen LogP contribution < -0.4 is 0 Å². The quantitative estimate of drug-likeness (QED) is 0.631. The van der Waals surface area contributed by atoms with Crippen molar-refractivity contribution in [2.24, 2.45) is 0 Å². The van der Waals surface area contributed by atoms with Gasteiger partial charge in [-0.05, 0) is 17.7 Å². The number of carbonyl (C=O) groups excluding carboxylic acids is 2. The molecule has 0 unspecified atom stereocenters. The van der Waals surface area contributed by atoms with Crippen LogP contribution >= 0.6 is 15.9 Å². The number of rotatable bonds is 4. The van der Waals surface area contributed by atoms with Crippen LogP contribution in [0.2, 0.25) is 0 Å². The summed E-state index contributed by atoms with van der Waals surface area (Å²) in [6.45, 7) is 0.468. The lowest BCUT2D eigenvalue weighted by atomic mass is 10.2. The predicted octanol–water partition coefficient (Wildman–Crippen LogP) is 1.97. The van der Waals surface area contributed by atoms with Gasteiger partial charge in [0.1, 0.15) is 6.42 Å². The molecule has 5 heteroatoms. The fourth-order valence-electron chi connectivity index (χ4n) is 1.33. The van der Waals surface area contributed by atoms with Gasteiger partial charge in [-0.2, -0.15) is 0 Å². The van der Waals surface area contributed by atoms with E-state index in [0.29, 0.717) is 6.54 Å². The lowest BCUT2D eigenvalue weighted by Crippen LogP contribution is -2.28. The zero-order valence-corrected chi connectivity index (χ0v) is 11.4. The van der Waals surface area contributed by atoms with Gasteiger partial charge in [-0.1, -0.05) is 28.1 Å². The summed E-state index contributed by atoms with van der Waals surface area (Å²) in [6, 6.07) is 7.67. The molecule has 1 aromatic carbocycles. The number of hydrogen-bond donors (Lipinski definition) is 0. The first-order chi connectivity index (χ1) is 8.02. The molecule has 0 saturated heterocycles. The minimum atomic E-state index is -0.518. The van der Waals surface area contributed by atoms with Gasteiger partial charge >= 0.3 is 5.97 Å². The Labute approximate surface area is 109 Å². The lowest BCUT2D eigenvalue weighted by Gasteiger charge is -2.16. The maximum Gasteiger partial charge on any atom is 0.315 e. The molecule has 0 aromatic heterocycles. The Morgan fingerprint density at radius 3 is 2.71 bits per heavy atom. The molecule has 1 amide bonds. The van der Waals surface area contributed by atoms with Crippen molar-refractivity contribution in [1.82, 2.24) is 4.90 Å². The van der Waals surface area contributed by atoms with Crippen molar-refractivity contribution in [3.05, 3.63) is 34.3 Å². The van der Waals surface area contributed by atoms with Gasteiger partial charge in [0.25, 0.3) is 0 Å². The Morgan fingerprint density at radius 2 is 2.12 bits per heavy atom. The summed E-state index contributed by atoms with van der Waals surface area (Å²) in [6.07, 6.45) is -0.221. The highest BCUT2D eigenvalue weighted by Gasteiger charge is 2.14. The van der Waals surface area contributed by atoms with Crippen molar-refractivity contribution in [2.75, 3.05) is 14.2 Å². The molecule has 0 fully saturated rings. The number of nitrogens with zero attached hydrogens (tertiary/aromatic N) is 1. The number of amides is 1. The fourth-order valence-corrected chi connectivity index (χ4v) is 1.77. The van der Waals surface area contributed by atoms with Gasteiger partial charge in [-0.3, -0.25) is 9.59 Å². The zero-order valence-electron chi connectivity index (χ0n) is 9.77. The molecule has 0 saturated carbocycles. The minimum Gasteiger partial charge on any atom is -0.469 e. The summed E-state index contributed by atoms with van der Waals surface area (Å²) in [5, 5.41) is 0.